The molecule has 182 valence electrons. The van der Waals surface area contributed by atoms with Crippen LogP contribution in [0.4, 0.5) is 11.6 Å². The third kappa shape index (κ3) is 4.34. The number of benzene rings is 2. The number of rotatable bonds is 6. The molecule has 0 bridgehead atoms. The number of allylic oxidation sites excluding steroid dienone is 1. The van der Waals surface area contributed by atoms with E-state index in [1.807, 2.05) is 6.07 Å². The summed E-state index contributed by atoms with van der Waals surface area (Å²) in [7, 11) is -2.60. The lowest BCUT2D eigenvalue weighted by Gasteiger charge is -2.25. The number of methoxy groups -OCH3 is 1. The molecule has 2 atom stereocenters. The molecule has 0 saturated heterocycles. The van der Waals surface area contributed by atoms with Crippen molar-refractivity contribution >= 4 is 44.3 Å². The van der Waals surface area contributed by atoms with E-state index in [4.69, 9.17) is 10.5 Å². The first-order valence-electron chi connectivity index (χ1n) is 10.8. The largest absolute Gasteiger partial charge is 0.369 e. The number of para-hydroxylation sites is 1. The number of aromatic nitrogens is 4. The maximum absolute atomic E-state index is 13.4. The van der Waals surface area contributed by atoms with Crippen molar-refractivity contribution in [1.82, 2.24) is 19.5 Å². The Bertz CT molecular complexity index is 1650. The first kappa shape index (κ1) is 23.3. The molecule has 12 heteroatoms. The molecule has 5 rings (SSSR count). The molecule has 2 aromatic heterocycles. The number of sulfonamides is 1. The maximum atomic E-state index is 13.4. The van der Waals surface area contributed by atoms with Crippen molar-refractivity contribution in [2.45, 2.75) is 11.5 Å². The van der Waals surface area contributed by atoms with Crippen LogP contribution in [-0.2, 0) is 14.8 Å². The van der Waals surface area contributed by atoms with Gasteiger partial charge in [0, 0.05) is 13.3 Å². The Morgan fingerprint density at radius 2 is 1.83 bits per heavy atom. The number of hydrogen-bond acceptors (Lipinski definition) is 9. The molecule has 2 aromatic carbocycles. The lowest BCUT2D eigenvalue weighted by Crippen LogP contribution is -2.38. The van der Waals surface area contributed by atoms with E-state index in [0.717, 1.165) is 0 Å². The molecule has 0 aliphatic carbocycles. The van der Waals surface area contributed by atoms with Gasteiger partial charge in [-0.3, -0.25) is 14.5 Å². The molecular formula is C24H21N7O4S. The lowest BCUT2D eigenvalue weighted by atomic mass is 10.0. The molecule has 0 fully saturated rings. The van der Waals surface area contributed by atoms with Gasteiger partial charge in [-0.2, -0.15) is 0 Å². The van der Waals surface area contributed by atoms with Gasteiger partial charge < -0.3 is 10.5 Å². The van der Waals surface area contributed by atoms with E-state index in [-0.39, 0.29) is 17.2 Å². The van der Waals surface area contributed by atoms with Crippen LogP contribution in [0.2, 0.25) is 0 Å². The monoisotopic (exact) mass is 503 g/mol. The number of nitrogens with zero attached hydrogens (tertiary/aromatic N) is 5. The predicted molar refractivity (Wildman–Crippen MR) is 137 cm³/mol. The van der Waals surface area contributed by atoms with Gasteiger partial charge in [0.25, 0.3) is 5.56 Å². The lowest BCUT2D eigenvalue weighted by molar-refractivity contribution is 0.115. The van der Waals surface area contributed by atoms with Gasteiger partial charge in [0.15, 0.2) is 6.23 Å². The van der Waals surface area contributed by atoms with E-state index in [1.54, 1.807) is 42.5 Å². The number of fused-ring (bicyclic) bond motifs is 1. The summed E-state index contributed by atoms with van der Waals surface area (Å²) in [5.41, 5.74) is 8.06. The van der Waals surface area contributed by atoms with Crippen LogP contribution >= 0.6 is 0 Å². The highest BCUT2D eigenvalue weighted by atomic mass is 32.2. The second kappa shape index (κ2) is 9.32. The Morgan fingerprint density at radius 3 is 2.56 bits per heavy atom. The number of nitrogens with two attached hydrogens (primary N) is 1. The second-order valence-electron chi connectivity index (χ2n) is 7.94. The average Bonchev–Trinajstić information content (AvgIpc) is 2.89. The van der Waals surface area contributed by atoms with Crippen molar-refractivity contribution in [3.63, 3.8) is 0 Å². The molecule has 2 unspecified atom stereocenters. The highest BCUT2D eigenvalue weighted by Gasteiger charge is 2.34. The van der Waals surface area contributed by atoms with Crippen LogP contribution in [0.25, 0.3) is 22.2 Å². The molecule has 1 aliphatic heterocycles. The van der Waals surface area contributed by atoms with Gasteiger partial charge in [0.05, 0.1) is 34.7 Å². The zero-order valence-electron chi connectivity index (χ0n) is 19.0. The van der Waals surface area contributed by atoms with Crippen molar-refractivity contribution in [3.8, 4) is 5.69 Å². The van der Waals surface area contributed by atoms with E-state index in [1.165, 1.54) is 42.7 Å². The van der Waals surface area contributed by atoms with Gasteiger partial charge >= 0.3 is 0 Å². The quantitative estimate of drug-likeness (QED) is 0.405. The average molecular weight is 504 g/mol. The highest BCUT2D eigenvalue weighted by molar-refractivity contribution is 7.93. The molecule has 0 radical (unpaired) electrons. The number of dihydropyridines is 1. The van der Waals surface area contributed by atoms with Crippen molar-refractivity contribution in [1.29, 1.82) is 0 Å². The minimum absolute atomic E-state index is 0.0648. The predicted octanol–water partition coefficient (Wildman–Crippen LogP) is 2.01. The van der Waals surface area contributed by atoms with Crippen LogP contribution in [0.1, 0.15) is 5.56 Å². The first-order chi connectivity index (χ1) is 17.4. The first-order valence-corrected chi connectivity index (χ1v) is 12.3. The molecule has 36 heavy (non-hydrogen) atoms. The fraction of sp³-hybridized carbons (Fsp3) is 0.125. The van der Waals surface area contributed by atoms with Gasteiger partial charge in [-0.1, -0.05) is 30.3 Å². The molecule has 0 saturated carbocycles. The van der Waals surface area contributed by atoms with Gasteiger partial charge in [0.2, 0.25) is 16.0 Å². The molecule has 3 N–H and O–H groups in total. The summed E-state index contributed by atoms with van der Waals surface area (Å²) in [5, 5.41) is -0.823. The summed E-state index contributed by atoms with van der Waals surface area (Å²) in [6.45, 7) is 0. The number of ether oxygens (including phenoxy) is 1. The summed E-state index contributed by atoms with van der Waals surface area (Å²) in [6.07, 6.45) is 6.09. The SMILES string of the molecule is COC1N=CC(c2ccc3nc(N)n(-c4ccccc4)c(=O)c3c2)=CC1S(=O)(=O)Nc1cncnc1. The molecule has 3 heterocycles. The van der Waals surface area contributed by atoms with Crippen molar-refractivity contribution in [2.75, 3.05) is 17.6 Å². The minimum Gasteiger partial charge on any atom is -0.369 e. The molecule has 11 nitrogen and oxygen atoms in total. The number of aliphatic imine (C=N–C) groups is 1. The summed E-state index contributed by atoms with van der Waals surface area (Å²) in [6, 6.07) is 14.0. The number of hydrogen-bond donors (Lipinski definition) is 2. The Labute approximate surface area is 206 Å². The van der Waals surface area contributed by atoms with Gasteiger partial charge in [0.1, 0.15) is 11.6 Å². The Hall–Kier alpha value is -4.42. The third-order valence-corrected chi connectivity index (χ3v) is 7.25. The van der Waals surface area contributed by atoms with Gasteiger partial charge in [-0.15, -0.1) is 0 Å². The van der Waals surface area contributed by atoms with E-state index in [2.05, 4.69) is 24.7 Å². The van der Waals surface area contributed by atoms with Crippen molar-refractivity contribution < 1.29 is 13.2 Å². The molecule has 1 aliphatic rings. The van der Waals surface area contributed by atoms with Crippen molar-refractivity contribution in [3.05, 3.63) is 89.2 Å². The van der Waals surface area contributed by atoms with Crippen molar-refractivity contribution in [2.24, 2.45) is 4.99 Å². The Morgan fingerprint density at radius 1 is 1.08 bits per heavy atom. The summed E-state index contributed by atoms with van der Waals surface area (Å²) in [4.78, 5) is 29.7. The summed E-state index contributed by atoms with van der Waals surface area (Å²) >= 11 is 0. The normalized spacial score (nSPS) is 17.6. The minimum atomic E-state index is -3.98. The number of nitrogen functional groups attached to an aromatic ring is 1. The topological polar surface area (TPSA) is 154 Å². The van der Waals surface area contributed by atoms with Crippen LogP contribution in [-0.4, -0.2) is 52.7 Å². The Kier molecular flexibility index (Phi) is 6.04. The standard InChI is InChI=1S/C24H21N7O4S/c1-35-22-21(36(33,34)30-17-12-26-14-27-13-17)10-16(11-28-22)15-7-8-20-19(9-15)23(32)31(24(25)29-20)18-5-3-2-4-6-18/h2-14,21-22,30H,1H3,(H2,25,29). The smallest absolute Gasteiger partial charge is 0.267 e. The third-order valence-electron chi connectivity index (χ3n) is 5.65. The second-order valence-corrected chi connectivity index (χ2v) is 9.78. The van der Waals surface area contributed by atoms with E-state index in [0.29, 0.717) is 27.7 Å². The highest BCUT2D eigenvalue weighted by Crippen LogP contribution is 2.26. The van der Waals surface area contributed by atoms with Gasteiger partial charge in [-0.05, 0) is 35.4 Å². The van der Waals surface area contributed by atoms with Crippen LogP contribution in [0.15, 0.2) is 83.1 Å². The van der Waals surface area contributed by atoms with Crippen LogP contribution in [0.3, 0.4) is 0 Å². The van der Waals surface area contributed by atoms with Crippen LogP contribution in [0.5, 0.6) is 0 Å². The van der Waals surface area contributed by atoms with Crippen LogP contribution < -0.4 is 16.0 Å². The van der Waals surface area contributed by atoms with E-state index in [9.17, 15) is 13.2 Å². The van der Waals surface area contributed by atoms with E-state index < -0.39 is 21.5 Å². The molecule has 0 spiro atoms. The number of nitrogens with one attached hydrogen (secondary N) is 1. The van der Waals surface area contributed by atoms with Crippen LogP contribution in [0, 0.1) is 0 Å². The van der Waals surface area contributed by atoms with Gasteiger partial charge in [-0.25, -0.2) is 27.9 Å². The zero-order valence-corrected chi connectivity index (χ0v) is 19.8. The fourth-order valence-corrected chi connectivity index (χ4v) is 5.33. The zero-order chi connectivity index (χ0) is 25.3. The molecule has 0 amide bonds. The maximum Gasteiger partial charge on any atom is 0.267 e. The van der Waals surface area contributed by atoms with E-state index >= 15 is 0 Å². The number of anilines is 2. The fourth-order valence-electron chi connectivity index (χ4n) is 3.94. The summed E-state index contributed by atoms with van der Waals surface area (Å²) in [5.74, 6) is 0.0648. The Balaban J connectivity index is 1.57. The molecular weight excluding hydrogens is 482 g/mol. The summed E-state index contributed by atoms with van der Waals surface area (Å²) < 4.78 is 35.4. The molecule has 4 aromatic rings.